The van der Waals surface area contributed by atoms with Crippen molar-refractivity contribution in [3.63, 3.8) is 0 Å². The molecule has 3 aromatic carbocycles. The minimum absolute atomic E-state index is 0. The topological polar surface area (TPSA) is 50.5 Å². The van der Waals surface area contributed by atoms with Crippen molar-refractivity contribution in [3.8, 4) is 16.9 Å². The van der Waals surface area contributed by atoms with Crippen LogP contribution in [0.1, 0.15) is 29.9 Å². The third kappa shape index (κ3) is 6.74. The molecule has 5 rings (SSSR count). The van der Waals surface area contributed by atoms with Gasteiger partial charge in [-0.15, -0.1) is 24.8 Å². The number of rotatable bonds is 9. The Morgan fingerprint density at radius 3 is 2.38 bits per heavy atom. The number of nitrogens with one attached hydrogen (secondary N) is 1. The fourth-order valence-electron chi connectivity index (χ4n) is 4.75. The van der Waals surface area contributed by atoms with Crippen molar-refractivity contribution in [2.45, 2.75) is 37.5 Å². The molecule has 2 aliphatic rings. The van der Waals surface area contributed by atoms with E-state index in [1.807, 2.05) is 6.07 Å². The van der Waals surface area contributed by atoms with Crippen LogP contribution in [0, 0.1) is 0 Å². The highest BCUT2D eigenvalue weighted by Gasteiger charge is 2.38. The molecule has 3 unspecified atom stereocenters. The van der Waals surface area contributed by atoms with E-state index in [-0.39, 0.29) is 24.8 Å². The Labute approximate surface area is 215 Å². The molecule has 1 aliphatic heterocycles. The third-order valence-corrected chi connectivity index (χ3v) is 6.69. The van der Waals surface area contributed by atoms with Crippen LogP contribution in [0.25, 0.3) is 11.1 Å². The minimum atomic E-state index is 0. The lowest BCUT2D eigenvalue weighted by Gasteiger charge is -2.16. The van der Waals surface area contributed by atoms with E-state index < -0.39 is 0 Å². The number of ether oxygens (including phenoxy) is 1. The average Bonchev–Trinajstić information content (AvgIpc) is 3.50. The van der Waals surface area contributed by atoms with Gasteiger partial charge in [0.2, 0.25) is 0 Å². The second kappa shape index (κ2) is 12.6. The summed E-state index contributed by atoms with van der Waals surface area (Å²) in [4.78, 5) is 2.47. The smallest absolute Gasteiger partial charge is 0.127 e. The van der Waals surface area contributed by atoms with Crippen LogP contribution in [0.2, 0.25) is 0 Å². The maximum Gasteiger partial charge on any atom is 0.127 e. The van der Waals surface area contributed by atoms with Crippen molar-refractivity contribution in [2.24, 2.45) is 5.73 Å². The molecular weight excluding hydrogens is 465 g/mol. The molecule has 6 heteroatoms. The molecule has 3 aromatic rings. The van der Waals surface area contributed by atoms with E-state index >= 15 is 0 Å². The number of benzene rings is 3. The fraction of sp³-hybridized carbons (Fsp3) is 0.357. The lowest BCUT2D eigenvalue weighted by molar-refractivity contribution is 0.307. The van der Waals surface area contributed by atoms with Crippen LogP contribution in [0.15, 0.2) is 78.9 Å². The normalized spacial score (nSPS) is 21.4. The molecule has 182 valence electrons. The Kier molecular flexibility index (Phi) is 9.81. The van der Waals surface area contributed by atoms with Gasteiger partial charge in [-0.05, 0) is 48.2 Å². The first kappa shape index (κ1) is 26.5. The summed E-state index contributed by atoms with van der Waals surface area (Å²) >= 11 is 0. The largest absolute Gasteiger partial charge is 0.488 e. The summed E-state index contributed by atoms with van der Waals surface area (Å²) in [5.41, 5.74) is 11.0. The van der Waals surface area contributed by atoms with Gasteiger partial charge in [0, 0.05) is 43.2 Å². The molecule has 2 fully saturated rings. The van der Waals surface area contributed by atoms with Crippen LogP contribution < -0.4 is 15.8 Å². The van der Waals surface area contributed by atoms with Gasteiger partial charge in [-0.25, -0.2) is 0 Å². The van der Waals surface area contributed by atoms with Crippen LogP contribution in [0.4, 0.5) is 0 Å². The highest BCUT2D eigenvalue weighted by atomic mass is 35.5. The van der Waals surface area contributed by atoms with Gasteiger partial charge in [-0.1, -0.05) is 66.7 Å². The summed E-state index contributed by atoms with van der Waals surface area (Å²) in [5.74, 6) is 1.53. The summed E-state index contributed by atoms with van der Waals surface area (Å²) in [6.07, 6.45) is 2.34. The minimum Gasteiger partial charge on any atom is -0.488 e. The Morgan fingerprint density at radius 2 is 1.68 bits per heavy atom. The van der Waals surface area contributed by atoms with Crippen molar-refractivity contribution >= 4 is 24.8 Å². The quantitative estimate of drug-likeness (QED) is 0.421. The van der Waals surface area contributed by atoms with E-state index in [4.69, 9.17) is 10.5 Å². The molecule has 0 spiro atoms. The third-order valence-electron chi connectivity index (χ3n) is 6.69. The second-order valence-electron chi connectivity index (χ2n) is 9.15. The molecule has 3 atom stereocenters. The molecular formula is C28H35Cl2N3O. The van der Waals surface area contributed by atoms with Crippen molar-refractivity contribution in [3.05, 3.63) is 90.0 Å². The zero-order chi connectivity index (χ0) is 21.8. The van der Waals surface area contributed by atoms with E-state index in [1.54, 1.807) is 0 Å². The maximum atomic E-state index is 6.26. The molecule has 0 amide bonds. The first-order valence-electron chi connectivity index (χ1n) is 11.8. The zero-order valence-electron chi connectivity index (χ0n) is 19.4. The summed E-state index contributed by atoms with van der Waals surface area (Å²) in [6.45, 7) is 4.90. The van der Waals surface area contributed by atoms with Crippen molar-refractivity contribution in [1.82, 2.24) is 10.2 Å². The Hall–Kier alpha value is -2.08. The predicted molar refractivity (Wildman–Crippen MR) is 145 cm³/mol. The lowest BCUT2D eigenvalue weighted by Crippen LogP contribution is -2.33. The summed E-state index contributed by atoms with van der Waals surface area (Å²) in [6, 6.07) is 28.6. The van der Waals surface area contributed by atoms with Gasteiger partial charge in [-0.2, -0.15) is 0 Å². The van der Waals surface area contributed by atoms with Gasteiger partial charge in [0.05, 0.1) is 0 Å². The van der Waals surface area contributed by atoms with E-state index in [2.05, 4.69) is 83.0 Å². The monoisotopic (exact) mass is 499 g/mol. The molecule has 1 saturated heterocycles. The van der Waals surface area contributed by atoms with Gasteiger partial charge >= 0.3 is 0 Å². The van der Waals surface area contributed by atoms with Crippen molar-refractivity contribution in [2.75, 3.05) is 26.2 Å². The molecule has 4 nitrogen and oxygen atoms in total. The van der Waals surface area contributed by atoms with E-state index in [0.717, 1.165) is 38.3 Å². The number of likely N-dealkylation sites (tertiary alicyclic amines) is 1. The standard InChI is InChI=1S/C28H33N3O.2ClH/c29-24-13-15-31(19-24)16-14-30-27-18-25(27)23-11-12-28(32-20-21-7-3-1-4-8-21)26(17-23)22-9-5-2-6-10-22;;/h1-12,17,24-25,27,30H,13-16,18-20,29H2;2*1H. The SMILES string of the molecule is Cl.Cl.NC1CCN(CCNC2CC2c2ccc(OCc3ccccc3)c(-c3ccccc3)c2)C1. The highest BCUT2D eigenvalue weighted by Crippen LogP contribution is 2.43. The average molecular weight is 501 g/mol. The van der Waals surface area contributed by atoms with Crippen LogP contribution in [0.5, 0.6) is 5.75 Å². The molecule has 1 saturated carbocycles. The lowest BCUT2D eigenvalue weighted by atomic mass is 9.99. The van der Waals surface area contributed by atoms with Crippen molar-refractivity contribution in [1.29, 1.82) is 0 Å². The van der Waals surface area contributed by atoms with E-state index in [9.17, 15) is 0 Å². The summed E-state index contributed by atoms with van der Waals surface area (Å²) < 4.78 is 6.26. The molecule has 0 bridgehead atoms. The molecule has 1 heterocycles. The van der Waals surface area contributed by atoms with Crippen LogP contribution in [-0.2, 0) is 6.61 Å². The summed E-state index contributed by atoms with van der Waals surface area (Å²) in [7, 11) is 0. The van der Waals surface area contributed by atoms with E-state index in [0.29, 0.717) is 24.6 Å². The number of halogens is 2. The molecule has 3 N–H and O–H groups in total. The first-order chi connectivity index (χ1) is 15.8. The number of hydrogen-bond acceptors (Lipinski definition) is 4. The zero-order valence-corrected chi connectivity index (χ0v) is 21.1. The molecule has 1 aliphatic carbocycles. The highest BCUT2D eigenvalue weighted by molar-refractivity contribution is 5.85. The summed E-state index contributed by atoms with van der Waals surface area (Å²) in [5, 5.41) is 3.75. The van der Waals surface area contributed by atoms with Crippen LogP contribution >= 0.6 is 24.8 Å². The van der Waals surface area contributed by atoms with Crippen molar-refractivity contribution < 1.29 is 4.74 Å². The van der Waals surface area contributed by atoms with Gasteiger partial charge in [-0.3, -0.25) is 0 Å². The molecule has 0 radical (unpaired) electrons. The number of nitrogens with two attached hydrogens (primary N) is 1. The Balaban J connectivity index is 0.00000162. The first-order valence-corrected chi connectivity index (χ1v) is 11.8. The number of nitrogens with zero attached hydrogens (tertiary/aromatic N) is 1. The van der Waals surface area contributed by atoms with Gasteiger partial charge in [0.25, 0.3) is 0 Å². The van der Waals surface area contributed by atoms with Crippen LogP contribution in [-0.4, -0.2) is 43.2 Å². The Morgan fingerprint density at radius 1 is 0.941 bits per heavy atom. The maximum absolute atomic E-state index is 6.26. The predicted octanol–water partition coefficient (Wildman–Crippen LogP) is 5.25. The Bertz CT molecular complexity index is 1020. The molecule has 34 heavy (non-hydrogen) atoms. The van der Waals surface area contributed by atoms with Gasteiger partial charge < -0.3 is 20.7 Å². The molecule has 0 aromatic heterocycles. The fourth-order valence-corrected chi connectivity index (χ4v) is 4.75. The van der Waals surface area contributed by atoms with Gasteiger partial charge in [0.15, 0.2) is 0 Å². The van der Waals surface area contributed by atoms with E-state index in [1.165, 1.54) is 28.7 Å². The second-order valence-corrected chi connectivity index (χ2v) is 9.15. The van der Waals surface area contributed by atoms with Gasteiger partial charge in [0.1, 0.15) is 12.4 Å². The van der Waals surface area contributed by atoms with Crippen LogP contribution in [0.3, 0.4) is 0 Å². The number of hydrogen-bond donors (Lipinski definition) is 2.